The zero-order valence-corrected chi connectivity index (χ0v) is 45.9. The Kier molecular flexibility index (Phi) is 56.5. The van der Waals surface area contributed by atoms with Crippen LogP contribution in [0, 0.1) is 0 Å². The molecule has 3 N–H and O–H groups in total. The lowest BCUT2D eigenvalue weighted by Gasteiger charge is -2.20. The minimum absolute atomic E-state index is 0.00765. The molecule has 0 radical (unpaired) electrons. The number of hydrogen-bond donors (Lipinski definition) is 3. The average Bonchev–Trinajstić information content (AvgIpc) is 3.34. The zero-order valence-electron chi connectivity index (χ0n) is 45.9. The van der Waals surface area contributed by atoms with Gasteiger partial charge < -0.3 is 20.3 Å². The van der Waals surface area contributed by atoms with Gasteiger partial charge in [-0.2, -0.15) is 0 Å². The maximum Gasteiger partial charge on any atom is 0.305 e. The Morgan fingerprint density at radius 1 is 0.397 bits per heavy atom. The van der Waals surface area contributed by atoms with E-state index in [2.05, 4.69) is 31.3 Å². The van der Waals surface area contributed by atoms with E-state index in [1.807, 2.05) is 6.08 Å². The van der Waals surface area contributed by atoms with Crippen molar-refractivity contribution >= 4 is 11.9 Å². The second kappa shape index (κ2) is 57.9. The van der Waals surface area contributed by atoms with Crippen LogP contribution in [0.2, 0.25) is 0 Å². The van der Waals surface area contributed by atoms with Crippen LogP contribution < -0.4 is 5.32 Å². The summed E-state index contributed by atoms with van der Waals surface area (Å²) >= 11 is 0. The van der Waals surface area contributed by atoms with E-state index < -0.39 is 12.1 Å². The first-order valence-electron chi connectivity index (χ1n) is 30.6. The van der Waals surface area contributed by atoms with Crippen LogP contribution in [-0.4, -0.2) is 47.4 Å². The molecule has 2 unspecified atom stereocenters. The fourth-order valence-corrected chi connectivity index (χ4v) is 9.51. The highest BCUT2D eigenvalue weighted by molar-refractivity contribution is 5.76. The van der Waals surface area contributed by atoms with Gasteiger partial charge in [-0.25, -0.2) is 0 Å². The van der Waals surface area contributed by atoms with Gasteiger partial charge in [0, 0.05) is 12.8 Å². The molecule has 6 heteroatoms. The normalized spacial score (nSPS) is 12.7. The molecule has 0 aliphatic rings. The number of allylic oxidation sites excluding steroid dienone is 3. The van der Waals surface area contributed by atoms with Crippen molar-refractivity contribution in [3.05, 3.63) is 24.3 Å². The average molecular weight is 959 g/mol. The molecule has 402 valence electrons. The predicted octanol–water partition coefficient (Wildman–Crippen LogP) is 19.0. The van der Waals surface area contributed by atoms with Crippen molar-refractivity contribution < 1.29 is 24.5 Å². The van der Waals surface area contributed by atoms with Crippen LogP contribution in [-0.2, 0) is 14.3 Å². The van der Waals surface area contributed by atoms with E-state index in [1.165, 1.54) is 263 Å². The van der Waals surface area contributed by atoms with Crippen LogP contribution in [0.1, 0.15) is 335 Å². The molecule has 0 spiro atoms. The van der Waals surface area contributed by atoms with Gasteiger partial charge in [0.15, 0.2) is 0 Å². The van der Waals surface area contributed by atoms with Crippen LogP contribution >= 0.6 is 0 Å². The molecular formula is C62H119NO5. The summed E-state index contributed by atoms with van der Waals surface area (Å²) in [7, 11) is 0. The monoisotopic (exact) mass is 958 g/mol. The van der Waals surface area contributed by atoms with E-state index in [-0.39, 0.29) is 18.5 Å². The quantitative estimate of drug-likeness (QED) is 0.0321. The lowest BCUT2D eigenvalue weighted by atomic mass is 10.0. The Morgan fingerprint density at radius 2 is 0.691 bits per heavy atom. The molecule has 0 saturated heterocycles. The molecule has 0 saturated carbocycles. The van der Waals surface area contributed by atoms with Crippen LogP contribution in [0.4, 0.5) is 0 Å². The number of rotatable bonds is 57. The van der Waals surface area contributed by atoms with E-state index >= 15 is 0 Å². The first kappa shape index (κ1) is 66.3. The van der Waals surface area contributed by atoms with Crippen molar-refractivity contribution in [1.29, 1.82) is 0 Å². The van der Waals surface area contributed by atoms with Crippen LogP contribution in [0.25, 0.3) is 0 Å². The van der Waals surface area contributed by atoms with Gasteiger partial charge in [-0.05, 0) is 57.8 Å². The molecule has 1 amide bonds. The third-order valence-electron chi connectivity index (χ3n) is 14.2. The molecule has 6 nitrogen and oxygen atoms in total. The summed E-state index contributed by atoms with van der Waals surface area (Å²) in [5.74, 6) is -0.0579. The maximum atomic E-state index is 12.4. The van der Waals surface area contributed by atoms with E-state index in [9.17, 15) is 19.8 Å². The molecule has 0 bridgehead atoms. The van der Waals surface area contributed by atoms with Crippen molar-refractivity contribution in [1.82, 2.24) is 5.32 Å². The largest absolute Gasteiger partial charge is 0.466 e. The smallest absolute Gasteiger partial charge is 0.305 e. The van der Waals surface area contributed by atoms with Gasteiger partial charge in [0.25, 0.3) is 0 Å². The molecule has 2 atom stereocenters. The summed E-state index contributed by atoms with van der Waals surface area (Å²) in [5, 5.41) is 23.1. The predicted molar refractivity (Wildman–Crippen MR) is 296 cm³/mol. The fraction of sp³-hybridized carbons (Fsp3) is 0.903. The summed E-state index contributed by atoms with van der Waals surface area (Å²) < 4.78 is 5.47. The lowest BCUT2D eigenvalue weighted by molar-refractivity contribution is -0.143. The number of carbonyl (C=O) groups excluding carboxylic acids is 2. The number of nitrogens with one attached hydrogen (secondary N) is 1. The van der Waals surface area contributed by atoms with Gasteiger partial charge in [0.1, 0.15) is 0 Å². The van der Waals surface area contributed by atoms with Gasteiger partial charge in [0.05, 0.1) is 25.4 Å². The zero-order chi connectivity index (χ0) is 49.3. The third kappa shape index (κ3) is 53.7. The molecule has 0 aliphatic carbocycles. The highest BCUT2D eigenvalue weighted by atomic mass is 16.5. The van der Waals surface area contributed by atoms with E-state index in [1.54, 1.807) is 6.08 Å². The topological polar surface area (TPSA) is 95.9 Å². The van der Waals surface area contributed by atoms with Crippen molar-refractivity contribution in [2.75, 3.05) is 13.2 Å². The van der Waals surface area contributed by atoms with Gasteiger partial charge >= 0.3 is 5.97 Å². The summed E-state index contributed by atoms with van der Waals surface area (Å²) in [5.41, 5.74) is 0. The maximum absolute atomic E-state index is 12.4. The number of carbonyl (C=O) groups is 2. The molecule has 0 aromatic carbocycles. The van der Waals surface area contributed by atoms with E-state index in [4.69, 9.17) is 4.74 Å². The first-order valence-corrected chi connectivity index (χ1v) is 30.6. The Bertz CT molecular complexity index is 1060. The number of aliphatic hydroxyl groups is 2. The van der Waals surface area contributed by atoms with Crippen molar-refractivity contribution in [2.45, 2.75) is 347 Å². The number of amides is 1. The number of aliphatic hydroxyl groups excluding tert-OH is 2. The van der Waals surface area contributed by atoms with Crippen molar-refractivity contribution in [3.63, 3.8) is 0 Å². The standard InChI is InChI=1S/C62H119NO5/c1-3-5-7-9-11-13-15-31-36-40-44-48-52-56-62(67)68-57-53-49-45-41-37-33-30-28-26-24-22-20-18-17-19-21-23-25-27-29-32-35-39-43-47-51-55-61(66)63-59(58-64)60(65)54-50-46-42-38-34-16-14-12-10-8-6-4-2/h13,15,50,54,59-60,64-65H,3-12,14,16-49,51-53,55-58H2,1-2H3,(H,63,66)/b15-13-,54-50+. The molecule has 0 heterocycles. The van der Waals surface area contributed by atoms with E-state index in [0.717, 1.165) is 44.9 Å². The van der Waals surface area contributed by atoms with Gasteiger partial charge in [0.2, 0.25) is 5.91 Å². The lowest BCUT2D eigenvalue weighted by Crippen LogP contribution is -2.45. The van der Waals surface area contributed by atoms with Crippen LogP contribution in [0.3, 0.4) is 0 Å². The minimum atomic E-state index is -0.841. The summed E-state index contributed by atoms with van der Waals surface area (Å²) in [6.07, 6.45) is 70.8. The molecule has 0 aromatic heterocycles. The summed E-state index contributed by atoms with van der Waals surface area (Å²) in [4.78, 5) is 24.5. The highest BCUT2D eigenvalue weighted by Crippen LogP contribution is 2.18. The second-order valence-electron chi connectivity index (χ2n) is 21.0. The fourth-order valence-electron chi connectivity index (χ4n) is 9.51. The first-order chi connectivity index (χ1) is 33.5. The Morgan fingerprint density at radius 3 is 1.06 bits per heavy atom. The Labute approximate surface area is 424 Å². The molecule has 0 aromatic rings. The van der Waals surface area contributed by atoms with Crippen LogP contribution in [0.5, 0.6) is 0 Å². The van der Waals surface area contributed by atoms with Crippen LogP contribution in [0.15, 0.2) is 24.3 Å². The van der Waals surface area contributed by atoms with Gasteiger partial charge in [-0.15, -0.1) is 0 Å². The number of ether oxygens (including phenoxy) is 1. The highest BCUT2D eigenvalue weighted by Gasteiger charge is 2.18. The summed E-state index contributed by atoms with van der Waals surface area (Å²) in [6.45, 7) is 4.89. The Hall–Kier alpha value is -1.66. The molecule has 0 rings (SSSR count). The molecular weight excluding hydrogens is 839 g/mol. The number of esters is 1. The SMILES string of the molecule is CCCCCC/C=C\CCCCCCCC(=O)OCCCCCCCCCCCCCCCCCCCCCCCCCCCCC(=O)NC(CO)C(O)/C=C/CCCCCCCCCCCC. The number of hydrogen-bond acceptors (Lipinski definition) is 5. The van der Waals surface area contributed by atoms with Gasteiger partial charge in [-0.1, -0.05) is 289 Å². The Balaban J connectivity index is 3.35. The minimum Gasteiger partial charge on any atom is -0.466 e. The van der Waals surface area contributed by atoms with Crippen molar-refractivity contribution in [3.8, 4) is 0 Å². The number of unbranched alkanes of at least 4 members (excludes halogenated alkanes) is 44. The third-order valence-corrected chi connectivity index (χ3v) is 14.2. The molecule has 0 fully saturated rings. The second-order valence-corrected chi connectivity index (χ2v) is 21.0. The molecule has 68 heavy (non-hydrogen) atoms. The van der Waals surface area contributed by atoms with E-state index in [0.29, 0.717) is 19.4 Å². The summed E-state index contributed by atoms with van der Waals surface area (Å²) in [6, 6.07) is -0.624. The molecule has 0 aliphatic heterocycles. The van der Waals surface area contributed by atoms with Crippen molar-refractivity contribution in [2.24, 2.45) is 0 Å². The van der Waals surface area contributed by atoms with Gasteiger partial charge in [-0.3, -0.25) is 9.59 Å².